The van der Waals surface area contributed by atoms with Crippen molar-refractivity contribution in [3.63, 3.8) is 0 Å². The fourth-order valence-corrected chi connectivity index (χ4v) is 4.08. The van der Waals surface area contributed by atoms with Gasteiger partial charge in [0.05, 0.1) is 23.7 Å². The van der Waals surface area contributed by atoms with Crippen molar-refractivity contribution in [3.05, 3.63) is 88.9 Å². The van der Waals surface area contributed by atoms with E-state index in [-0.39, 0.29) is 18.6 Å². The maximum Gasteiger partial charge on any atom is 0.419 e. The second kappa shape index (κ2) is 10.6. The summed E-state index contributed by atoms with van der Waals surface area (Å²) in [6, 6.07) is 17.9. The highest BCUT2D eigenvalue weighted by Gasteiger charge is 2.30. The molecule has 0 aliphatic heterocycles. The number of para-hydroxylation sites is 1. The maximum atomic E-state index is 14.7. The molecule has 1 amide bonds. The Balaban J connectivity index is 1.84. The van der Waals surface area contributed by atoms with E-state index in [2.05, 4.69) is 5.16 Å². The van der Waals surface area contributed by atoms with Gasteiger partial charge in [0.15, 0.2) is 5.76 Å². The summed E-state index contributed by atoms with van der Waals surface area (Å²) in [7, 11) is 0. The molecule has 7 nitrogen and oxygen atoms in total. The Labute approximate surface area is 211 Å². The zero-order chi connectivity index (χ0) is 25.8. The summed E-state index contributed by atoms with van der Waals surface area (Å²) in [5, 5.41) is 13.6. The number of aryl methyl sites for hydroxylation is 1. The number of ether oxygens (including phenoxy) is 1. The van der Waals surface area contributed by atoms with Crippen molar-refractivity contribution in [2.24, 2.45) is 0 Å². The summed E-state index contributed by atoms with van der Waals surface area (Å²) in [5.74, 6) is -1.16. The molecule has 3 aromatic carbocycles. The number of halogens is 2. The summed E-state index contributed by atoms with van der Waals surface area (Å²) in [4.78, 5) is 25.5. The van der Waals surface area contributed by atoms with Crippen molar-refractivity contribution in [2.45, 2.75) is 20.3 Å². The molecule has 1 aromatic heterocycles. The van der Waals surface area contributed by atoms with Gasteiger partial charge in [-0.1, -0.05) is 53.2 Å². The van der Waals surface area contributed by atoms with Crippen LogP contribution >= 0.6 is 11.6 Å². The van der Waals surface area contributed by atoms with Crippen molar-refractivity contribution in [1.82, 2.24) is 5.16 Å². The van der Waals surface area contributed by atoms with Crippen LogP contribution in [0, 0.1) is 12.7 Å². The molecule has 0 unspecified atom stereocenters. The molecule has 0 bridgehead atoms. The summed E-state index contributed by atoms with van der Waals surface area (Å²) in [6.07, 6.45) is -0.895. The fraction of sp³-hybridized carbons (Fsp3) is 0.148. The van der Waals surface area contributed by atoms with E-state index in [1.165, 1.54) is 23.1 Å². The zero-order valence-electron chi connectivity index (χ0n) is 19.5. The number of rotatable bonds is 7. The highest BCUT2D eigenvalue weighted by Crippen LogP contribution is 2.41. The van der Waals surface area contributed by atoms with Gasteiger partial charge in [-0.25, -0.2) is 14.1 Å². The predicted molar refractivity (Wildman–Crippen MR) is 134 cm³/mol. The molecule has 4 aromatic rings. The van der Waals surface area contributed by atoms with Gasteiger partial charge in [0.2, 0.25) is 0 Å². The lowest BCUT2D eigenvalue weighted by molar-refractivity contribution is -0.136. The van der Waals surface area contributed by atoms with Crippen molar-refractivity contribution in [3.8, 4) is 22.4 Å². The van der Waals surface area contributed by atoms with E-state index < -0.39 is 17.9 Å². The number of carbonyl (C=O) groups is 2. The predicted octanol–water partition coefficient (Wildman–Crippen LogP) is 7.03. The Bertz CT molecular complexity index is 1440. The van der Waals surface area contributed by atoms with Gasteiger partial charge < -0.3 is 14.4 Å². The van der Waals surface area contributed by atoms with Crippen molar-refractivity contribution in [2.75, 3.05) is 11.5 Å². The minimum atomic E-state index is -1.01. The van der Waals surface area contributed by atoms with E-state index in [4.69, 9.17) is 26.0 Å². The fourth-order valence-electron chi connectivity index (χ4n) is 3.86. The van der Waals surface area contributed by atoms with Gasteiger partial charge >= 0.3 is 12.1 Å². The Morgan fingerprint density at radius 2 is 1.83 bits per heavy atom. The van der Waals surface area contributed by atoms with Crippen LogP contribution in [-0.2, 0) is 16.0 Å². The van der Waals surface area contributed by atoms with Crippen LogP contribution in [0.5, 0.6) is 0 Å². The summed E-state index contributed by atoms with van der Waals surface area (Å²) in [5.41, 5.74) is 2.80. The molecular weight excluding hydrogens is 487 g/mol. The first-order chi connectivity index (χ1) is 17.3. The monoisotopic (exact) mass is 508 g/mol. The third-order valence-electron chi connectivity index (χ3n) is 5.43. The highest BCUT2D eigenvalue weighted by molar-refractivity contribution is 6.34. The topological polar surface area (TPSA) is 92.9 Å². The Kier molecular flexibility index (Phi) is 7.36. The van der Waals surface area contributed by atoms with E-state index >= 15 is 0 Å². The van der Waals surface area contributed by atoms with Crippen LogP contribution in [0.25, 0.3) is 22.4 Å². The summed E-state index contributed by atoms with van der Waals surface area (Å²) in [6.45, 7) is 3.50. The second-order valence-electron chi connectivity index (χ2n) is 7.89. The molecule has 1 N–H and O–H groups in total. The number of carboxylic acids is 1. The van der Waals surface area contributed by atoms with Crippen LogP contribution in [0.15, 0.2) is 71.3 Å². The van der Waals surface area contributed by atoms with Crippen LogP contribution in [0.1, 0.15) is 18.2 Å². The van der Waals surface area contributed by atoms with E-state index in [0.717, 1.165) is 0 Å². The summed E-state index contributed by atoms with van der Waals surface area (Å²) >= 11 is 6.42. The number of anilines is 2. The lowest BCUT2D eigenvalue weighted by Gasteiger charge is -2.23. The number of nitrogens with zero attached hydrogens (tertiary/aromatic N) is 2. The molecule has 0 saturated carbocycles. The van der Waals surface area contributed by atoms with Crippen LogP contribution < -0.4 is 4.90 Å². The Morgan fingerprint density at radius 1 is 1.08 bits per heavy atom. The average molecular weight is 509 g/mol. The largest absolute Gasteiger partial charge is 0.481 e. The smallest absolute Gasteiger partial charge is 0.419 e. The molecule has 0 radical (unpaired) electrons. The molecule has 9 heteroatoms. The lowest BCUT2D eigenvalue weighted by atomic mass is 9.98. The molecular formula is C27H22ClFN2O5. The minimum Gasteiger partial charge on any atom is -0.481 e. The number of hydrogen-bond acceptors (Lipinski definition) is 5. The lowest BCUT2D eigenvalue weighted by Crippen LogP contribution is -2.27. The highest BCUT2D eigenvalue weighted by atomic mass is 35.5. The van der Waals surface area contributed by atoms with Crippen molar-refractivity contribution in [1.29, 1.82) is 0 Å². The van der Waals surface area contributed by atoms with Crippen LogP contribution in [0.4, 0.5) is 20.6 Å². The van der Waals surface area contributed by atoms with Crippen molar-refractivity contribution >= 4 is 35.0 Å². The van der Waals surface area contributed by atoms with Crippen LogP contribution in [0.2, 0.25) is 5.02 Å². The quantitative estimate of drug-likeness (QED) is 0.288. The molecule has 0 fully saturated rings. The van der Waals surface area contributed by atoms with E-state index in [9.17, 15) is 14.0 Å². The number of hydrogen-bond donors (Lipinski definition) is 1. The number of aliphatic carboxylic acids is 1. The van der Waals surface area contributed by atoms with Crippen LogP contribution in [-0.4, -0.2) is 28.9 Å². The third-order valence-corrected chi connectivity index (χ3v) is 5.75. The van der Waals surface area contributed by atoms with Gasteiger partial charge in [-0.05, 0) is 55.3 Å². The first-order valence-electron chi connectivity index (χ1n) is 11.1. The van der Waals surface area contributed by atoms with Gasteiger partial charge in [0.25, 0.3) is 0 Å². The number of amides is 1. The molecule has 0 saturated heterocycles. The average Bonchev–Trinajstić information content (AvgIpc) is 3.22. The van der Waals surface area contributed by atoms with E-state index in [0.29, 0.717) is 44.5 Å². The molecule has 0 aliphatic rings. The van der Waals surface area contributed by atoms with E-state index in [1.54, 1.807) is 62.4 Å². The van der Waals surface area contributed by atoms with E-state index in [1.807, 2.05) is 0 Å². The normalized spacial score (nSPS) is 10.8. The SMILES string of the molecule is CCOC(=O)N(c1ccccc1Cl)c1c(-c2cccc(-c3cc(CC(=O)O)ccc3F)c2)noc1C. The molecule has 0 spiro atoms. The Hall–Kier alpha value is -4.17. The molecule has 184 valence electrons. The molecule has 0 atom stereocenters. The Morgan fingerprint density at radius 3 is 2.56 bits per heavy atom. The van der Waals surface area contributed by atoms with Gasteiger partial charge in [-0.15, -0.1) is 0 Å². The number of carbonyl (C=O) groups excluding carboxylic acids is 1. The maximum absolute atomic E-state index is 14.7. The van der Waals surface area contributed by atoms with Crippen molar-refractivity contribution < 1.29 is 28.3 Å². The van der Waals surface area contributed by atoms with Gasteiger partial charge in [0.1, 0.15) is 17.2 Å². The van der Waals surface area contributed by atoms with Gasteiger partial charge in [-0.2, -0.15) is 0 Å². The zero-order valence-corrected chi connectivity index (χ0v) is 20.3. The second-order valence-corrected chi connectivity index (χ2v) is 8.29. The first-order valence-corrected chi connectivity index (χ1v) is 11.5. The number of benzene rings is 3. The summed E-state index contributed by atoms with van der Waals surface area (Å²) < 4.78 is 25.5. The molecule has 4 rings (SSSR count). The molecule has 0 aliphatic carbocycles. The van der Waals surface area contributed by atoms with Gasteiger partial charge in [-0.3, -0.25) is 4.79 Å². The minimum absolute atomic E-state index is 0.140. The first kappa shape index (κ1) is 24.9. The number of aromatic nitrogens is 1. The van der Waals surface area contributed by atoms with Crippen LogP contribution in [0.3, 0.4) is 0 Å². The van der Waals surface area contributed by atoms with Gasteiger partial charge in [0, 0.05) is 11.1 Å². The number of carboxylic acid groups (broad SMARTS) is 1. The third kappa shape index (κ3) is 5.08. The molecule has 36 heavy (non-hydrogen) atoms. The molecule has 1 heterocycles. The standard InChI is InChI=1S/C27H22ClFN2O5/c1-3-35-27(34)31(23-10-5-4-9-21(23)28)26-16(2)36-30-25(26)19-8-6-7-18(15-19)20-13-17(14-24(32)33)11-12-22(20)29/h4-13,15H,3,14H2,1-2H3,(H,32,33).